The summed E-state index contributed by atoms with van der Waals surface area (Å²) in [6.07, 6.45) is 7.70. The molecule has 2 heterocycles. The van der Waals surface area contributed by atoms with Crippen LogP contribution in [0, 0.1) is 5.82 Å². The number of nitrogens with zero attached hydrogens (tertiary/aromatic N) is 3. The molecule has 4 aromatic rings. The van der Waals surface area contributed by atoms with E-state index in [9.17, 15) is 9.18 Å². The van der Waals surface area contributed by atoms with E-state index in [0.29, 0.717) is 51.0 Å². The smallest absolute Gasteiger partial charge is 0.339 e. The number of carbonyl (C=O) groups is 1. The molecule has 224 valence electrons. The van der Waals surface area contributed by atoms with Crippen LogP contribution in [0.4, 0.5) is 14.9 Å². The number of hydrazone groups is 1. The van der Waals surface area contributed by atoms with Gasteiger partial charge in [0, 0.05) is 34.9 Å². The Morgan fingerprint density at radius 3 is 2.60 bits per heavy atom. The average Bonchev–Trinajstić information content (AvgIpc) is 3.02. The Hall–Kier alpha value is -4.41. The highest BCUT2D eigenvalue weighted by Crippen LogP contribution is 2.37. The SMILES string of the molecule is COc1cc2c(Oc3ccc(/C=N/NC(=O)Nc4ccc(Cl)cc4)cc3F)ccnc2cc1OCCCN1CCCCC1. The van der Waals surface area contributed by atoms with Crippen LogP contribution in [-0.4, -0.2) is 55.5 Å². The summed E-state index contributed by atoms with van der Waals surface area (Å²) in [4.78, 5) is 19.0. The number of amides is 2. The number of likely N-dealkylation sites (tertiary alicyclic amines) is 1. The molecule has 0 aliphatic carbocycles. The summed E-state index contributed by atoms with van der Waals surface area (Å²) in [5, 5.41) is 7.70. The van der Waals surface area contributed by atoms with Crippen molar-refractivity contribution >= 4 is 40.4 Å². The topological polar surface area (TPSA) is 97.3 Å². The molecule has 2 N–H and O–H groups in total. The molecular weight excluding hydrogens is 573 g/mol. The van der Waals surface area contributed by atoms with Crippen molar-refractivity contribution in [3.8, 4) is 23.0 Å². The molecule has 0 bridgehead atoms. The molecule has 43 heavy (non-hydrogen) atoms. The third kappa shape index (κ3) is 8.33. The molecule has 0 atom stereocenters. The molecule has 0 spiro atoms. The standard InChI is InChI=1S/C32H33ClFN5O4/c1-41-30-19-25-27(20-31(30)42-17-5-16-39-14-3-2-4-15-39)35-13-12-28(25)43-29-11-6-22(18-26(29)34)21-36-38-32(40)37-24-9-7-23(33)8-10-24/h6-13,18-21H,2-5,14-17H2,1H3,(H2,37,38,40)/b36-21+. The predicted octanol–water partition coefficient (Wildman–Crippen LogP) is 7.24. The second kappa shape index (κ2) is 14.7. The first-order chi connectivity index (χ1) is 21.0. The number of benzene rings is 3. The lowest BCUT2D eigenvalue weighted by Crippen LogP contribution is -2.31. The number of fused-ring (bicyclic) bond motifs is 1. The summed E-state index contributed by atoms with van der Waals surface area (Å²) >= 11 is 5.85. The fourth-order valence-corrected chi connectivity index (χ4v) is 4.93. The second-order valence-electron chi connectivity index (χ2n) is 10.1. The van der Waals surface area contributed by atoms with E-state index in [-0.39, 0.29) is 5.75 Å². The summed E-state index contributed by atoms with van der Waals surface area (Å²) in [7, 11) is 1.58. The summed E-state index contributed by atoms with van der Waals surface area (Å²) in [6.45, 7) is 3.89. The predicted molar refractivity (Wildman–Crippen MR) is 166 cm³/mol. The van der Waals surface area contributed by atoms with Crippen LogP contribution in [0.3, 0.4) is 0 Å². The molecule has 3 aromatic carbocycles. The van der Waals surface area contributed by atoms with Crippen LogP contribution in [0.2, 0.25) is 5.02 Å². The first kappa shape index (κ1) is 30.1. The van der Waals surface area contributed by atoms with Crippen molar-refractivity contribution in [3.63, 3.8) is 0 Å². The zero-order valence-electron chi connectivity index (χ0n) is 23.8. The Kier molecular flexibility index (Phi) is 10.2. The third-order valence-electron chi connectivity index (χ3n) is 6.97. The Morgan fingerprint density at radius 1 is 1.02 bits per heavy atom. The van der Waals surface area contributed by atoms with Crippen molar-refractivity contribution in [3.05, 3.63) is 83.3 Å². The van der Waals surface area contributed by atoms with Crippen LogP contribution < -0.4 is 25.0 Å². The Balaban J connectivity index is 1.20. The van der Waals surface area contributed by atoms with Crippen LogP contribution in [0.1, 0.15) is 31.2 Å². The third-order valence-corrected chi connectivity index (χ3v) is 7.22. The Bertz CT molecular complexity index is 1580. The molecule has 11 heteroatoms. The molecule has 1 aromatic heterocycles. The van der Waals surface area contributed by atoms with Crippen LogP contribution in [0.5, 0.6) is 23.0 Å². The maximum Gasteiger partial charge on any atom is 0.339 e. The van der Waals surface area contributed by atoms with Gasteiger partial charge < -0.3 is 24.4 Å². The molecule has 0 saturated carbocycles. The van der Waals surface area contributed by atoms with Gasteiger partial charge in [-0.3, -0.25) is 4.98 Å². The van der Waals surface area contributed by atoms with Gasteiger partial charge in [0.2, 0.25) is 0 Å². The van der Waals surface area contributed by atoms with E-state index in [1.165, 1.54) is 37.6 Å². The molecule has 2 amide bonds. The van der Waals surface area contributed by atoms with E-state index in [2.05, 4.69) is 25.7 Å². The van der Waals surface area contributed by atoms with Gasteiger partial charge in [-0.1, -0.05) is 18.0 Å². The average molecular weight is 606 g/mol. The number of urea groups is 1. The quantitative estimate of drug-likeness (QED) is 0.106. The van der Waals surface area contributed by atoms with Crippen molar-refractivity contribution in [1.82, 2.24) is 15.3 Å². The number of aromatic nitrogens is 1. The van der Waals surface area contributed by atoms with Gasteiger partial charge in [-0.15, -0.1) is 0 Å². The number of anilines is 1. The minimum absolute atomic E-state index is 0.0232. The van der Waals surface area contributed by atoms with Crippen LogP contribution in [-0.2, 0) is 0 Å². The van der Waals surface area contributed by atoms with E-state index in [4.69, 9.17) is 25.8 Å². The number of carbonyl (C=O) groups excluding carboxylic acids is 1. The van der Waals surface area contributed by atoms with Crippen molar-refractivity contribution in [1.29, 1.82) is 0 Å². The molecule has 1 aliphatic rings. The normalized spacial score (nSPS) is 13.7. The molecule has 1 saturated heterocycles. The zero-order valence-corrected chi connectivity index (χ0v) is 24.6. The molecule has 0 unspecified atom stereocenters. The maximum absolute atomic E-state index is 15.0. The molecule has 9 nitrogen and oxygen atoms in total. The first-order valence-corrected chi connectivity index (χ1v) is 14.5. The zero-order chi connectivity index (χ0) is 30.0. The number of ether oxygens (including phenoxy) is 3. The minimum atomic E-state index is -0.597. The van der Waals surface area contributed by atoms with Gasteiger partial charge in [0.25, 0.3) is 0 Å². The number of rotatable bonds is 11. The second-order valence-corrected chi connectivity index (χ2v) is 10.5. The maximum atomic E-state index is 15.0. The van der Waals surface area contributed by atoms with Gasteiger partial charge in [0.1, 0.15) is 5.75 Å². The van der Waals surface area contributed by atoms with E-state index in [0.717, 1.165) is 26.1 Å². The lowest BCUT2D eigenvalue weighted by Gasteiger charge is -2.26. The molecule has 0 radical (unpaired) electrons. The van der Waals surface area contributed by atoms with Gasteiger partial charge in [0.05, 0.1) is 25.4 Å². The number of halogens is 2. The number of hydrogen-bond acceptors (Lipinski definition) is 7. The van der Waals surface area contributed by atoms with Gasteiger partial charge in [-0.25, -0.2) is 14.6 Å². The lowest BCUT2D eigenvalue weighted by molar-refractivity contribution is 0.203. The highest BCUT2D eigenvalue weighted by Gasteiger charge is 2.15. The van der Waals surface area contributed by atoms with E-state index >= 15 is 0 Å². The lowest BCUT2D eigenvalue weighted by atomic mass is 10.1. The van der Waals surface area contributed by atoms with Crippen LogP contribution >= 0.6 is 11.6 Å². The fraction of sp³-hybridized carbons (Fsp3) is 0.281. The molecule has 1 fully saturated rings. The number of nitrogens with one attached hydrogen (secondary N) is 2. The largest absolute Gasteiger partial charge is 0.493 e. The van der Waals surface area contributed by atoms with Crippen molar-refractivity contribution in [2.24, 2.45) is 5.10 Å². The fourth-order valence-electron chi connectivity index (χ4n) is 4.80. The molecule has 1 aliphatic heterocycles. The van der Waals surface area contributed by atoms with E-state index in [1.54, 1.807) is 55.8 Å². The highest BCUT2D eigenvalue weighted by molar-refractivity contribution is 6.30. The number of hydrogen-bond donors (Lipinski definition) is 2. The number of pyridine rings is 1. The summed E-state index contributed by atoms with van der Waals surface area (Å²) in [6, 6.07) is 15.7. The van der Waals surface area contributed by atoms with Gasteiger partial charge in [-0.2, -0.15) is 5.10 Å². The summed E-state index contributed by atoms with van der Waals surface area (Å²) in [5.74, 6) is 0.988. The van der Waals surface area contributed by atoms with Gasteiger partial charge in [0.15, 0.2) is 23.1 Å². The van der Waals surface area contributed by atoms with Gasteiger partial charge >= 0.3 is 6.03 Å². The summed E-state index contributed by atoms with van der Waals surface area (Å²) < 4.78 is 32.6. The monoisotopic (exact) mass is 605 g/mol. The van der Waals surface area contributed by atoms with Crippen molar-refractivity contribution in [2.75, 3.05) is 38.7 Å². The highest BCUT2D eigenvalue weighted by atomic mass is 35.5. The van der Waals surface area contributed by atoms with Gasteiger partial charge in [-0.05, 0) is 92.5 Å². The summed E-state index contributed by atoms with van der Waals surface area (Å²) in [5.41, 5.74) is 3.96. The Labute approximate surface area is 254 Å². The first-order valence-electron chi connectivity index (χ1n) is 14.1. The van der Waals surface area contributed by atoms with Crippen molar-refractivity contribution in [2.45, 2.75) is 25.7 Å². The number of methoxy groups -OCH3 is 1. The Morgan fingerprint density at radius 2 is 1.84 bits per heavy atom. The number of piperidine rings is 1. The van der Waals surface area contributed by atoms with E-state index in [1.807, 2.05) is 6.07 Å². The van der Waals surface area contributed by atoms with E-state index < -0.39 is 11.8 Å². The molecule has 5 rings (SSSR count). The van der Waals surface area contributed by atoms with Crippen LogP contribution in [0.15, 0.2) is 72.0 Å². The minimum Gasteiger partial charge on any atom is -0.493 e. The van der Waals surface area contributed by atoms with Crippen LogP contribution in [0.25, 0.3) is 10.9 Å². The molecular formula is C32H33ClFN5O4. The van der Waals surface area contributed by atoms with Crippen molar-refractivity contribution < 1.29 is 23.4 Å².